The van der Waals surface area contributed by atoms with Crippen LogP contribution in [0.5, 0.6) is 5.75 Å². The Bertz CT molecular complexity index is 579. The summed E-state index contributed by atoms with van der Waals surface area (Å²) in [6, 6.07) is 1.40. The summed E-state index contributed by atoms with van der Waals surface area (Å²) in [5.41, 5.74) is 0. The van der Waals surface area contributed by atoms with Gasteiger partial charge in [0.25, 0.3) is 0 Å². The molecule has 0 aliphatic heterocycles. The Morgan fingerprint density at radius 1 is 1.37 bits per heavy atom. The highest BCUT2D eigenvalue weighted by Crippen LogP contribution is 2.26. The lowest BCUT2D eigenvalue weighted by Crippen LogP contribution is -2.33. The van der Waals surface area contributed by atoms with Gasteiger partial charge in [-0.05, 0) is 0 Å². The molecule has 1 aromatic rings. The fraction of sp³-hybridized carbons (Fsp3) is 0.300. The SMILES string of the molecule is COc1cc(F)c(S(=O)(=O)N(C)CC(=O)O)c(F)c1. The van der Waals surface area contributed by atoms with E-state index in [0.717, 1.165) is 7.05 Å². The van der Waals surface area contributed by atoms with Crippen molar-refractivity contribution in [2.75, 3.05) is 20.7 Å². The number of carbonyl (C=O) groups is 1. The lowest BCUT2D eigenvalue weighted by atomic mass is 10.3. The molecule has 0 heterocycles. The number of rotatable bonds is 5. The standard InChI is InChI=1S/C10H11F2NO5S/c1-13(5-9(14)15)19(16,17)10-7(11)3-6(18-2)4-8(10)12/h3-4H,5H2,1-2H3,(H,14,15). The van der Waals surface area contributed by atoms with Gasteiger partial charge in [-0.1, -0.05) is 0 Å². The Morgan fingerprint density at radius 3 is 2.21 bits per heavy atom. The van der Waals surface area contributed by atoms with Crippen LogP contribution in [0.2, 0.25) is 0 Å². The summed E-state index contributed by atoms with van der Waals surface area (Å²) in [5.74, 6) is -4.33. The summed E-state index contributed by atoms with van der Waals surface area (Å²) in [6.45, 7) is -0.909. The molecule has 0 aliphatic carbocycles. The van der Waals surface area contributed by atoms with E-state index in [1.54, 1.807) is 0 Å². The van der Waals surface area contributed by atoms with E-state index < -0.39 is 39.1 Å². The smallest absolute Gasteiger partial charge is 0.318 e. The maximum atomic E-state index is 13.6. The first kappa shape index (κ1) is 15.3. The van der Waals surface area contributed by atoms with Crippen molar-refractivity contribution in [3.63, 3.8) is 0 Å². The molecule has 9 heteroatoms. The Hall–Kier alpha value is -1.74. The van der Waals surface area contributed by atoms with Gasteiger partial charge in [0.15, 0.2) is 4.90 Å². The second-order valence-electron chi connectivity index (χ2n) is 3.57. The number of nitrogens with zero attached hydrogens (tertiary/aromatic N) is 1. The molecule has 1 aromatic carbocycles. The average Bonchev–Trinajstić information content (AvgIpc) is 2.26. The van der Waals surface area contributed by atoms with Crippen LogP contribution in [0.3, 0.4) is 0 Å². The van der Waals surface area contributed by atoms with Crippen molar-refractivity contribution in [3.05, 3.63) is 23.8 Å². The highest BCUT2D eigenvalue weighted by atomic mass is 32.2. The van der Waals surface area contributed by atoms with E-state index in [2.05, 4.69) is 4.74 Å². The largest absolute Gasteiger partial charge is 0.497 e. The first-order valence-corrected chi connectivity index (χ1v) is 6.35. The van der Waals surface area contributed by atoms with Crippen LogP contribution in [-0.2, 0) is 14.8 Å². The van der Waals surface area contributed by atoms with Gasteiger partial charge in [-0.25, -0.2) is 17.2 Å². The minimum Gasteiger partial charge on any atom is -0.497 e. The summed E-state index contributed by atoms with van der Waals surface area (Å²) in [4.78, 5) is 9.23. The number of methoxy groups -OCH3 is 1. The average molecular weight is 295 g/mol. The number of aliphatic carboxylic acids is 1. The van der Waals surface area contributed by atoms with E-state index >= 15 is 0 Å². The van der Waals surface area contributed by atoms with Crippen molar-refractivity contribution in [2.24, 2.45) is 0 Å². The van der Waals surface area contributed by atoms with E-state index in [1.165, 1.54) is 7.11 Å². The van der Waals surface area contributed by atoms with E-state index in [-0.39, 0.29) is 5.75 Å². The highest BCUT2D eigenvalue weighted by molar-refractivity contribution is 7.89. The summed E-state index contributed by atoms with van der Waals surface area (Å²) < 4.78 is 55.9. The molecule has 0 radical (unpaired) electrons. The number of carboxylic acids is 1. The minimum atomic E-state index is -4.57. The predicted molar refractivity (Wildman–Crippen MR) is 60.4 cm³/mol. The second-order valence-corrected chi connectivity index (χ2v) is 5.56. The van der Waals surface area contributed by atoms with E-state index in [9.17, 15) is 22.0 Å². The minimum absolute atomic E-state index is 0.185. The van der Waals surface area contributed by atoms with Gasteiger partial charge < -0.3 is 9.84 Å². The van der Waals surface area contributed by atoms with Crippen molar-refractivity contribution in [2.45, 2.75) is 4.90 Å². The van der Waals surface area contributed by atoms with Crippen molar-refractivity contribution in [3.8, 4) is 5.75 Å². The summed E-state index contributed by atoms with van der Waals surface area (Å²) in [5, 5.41) is 8.50. The van der Waals surface area contributed by atoms with Gasteiger partial charge in [0.05, 0.1) is 7.11 Å². The van der Waals surface area contributed by atoms with Gasteiger partial charge in [-0.15, -0.1) is 0 Å². The van der Waals surface area contributed by atoms with Crippen molar-refractivity contribution in [1.29, 1.82) is 0 Å². The lowest BCUT2D eigenvalue weighted by Gasteiger charge is -2.16. The molecule has 1 rings (SSSR count). The zero-order chi connectivity index (χ0) is 14.8. The lowest BCUT2D eigenvalue weighted by molar-refractivity contribution is -0.137. The Kier molecular flexibility index (Phi) is 4.43. The van der Waals surface area contributed by atoms with Crippen LogP contribution in [0.15, 0.2) is 17.0 Å². The van der Waals surface area contributed by atoms with E-state index in [0.29, 0.717) is 16.4 Å². The maximum absolute atomic E-state index is 13.6. The molecule has 0 aromatic heterocycles. The number of sulfonamides is 1. The quantitative estimate of drug-likeness (QED) is 0.863. The zero-order valence-corrected chi connectivity index (χ0v) is 10.9. The number of benzene rings is 1. The molecule has 0 spiro atoms. The number of ether oxygens (including phenoxy) is 1. The van der Waals surface area contributed by atoms with Gasteiger partial charge in [-0.3, -0.25) is 4.79 Å². The number of halogens is 2. The molecular formula is C10H11F2NO5S. The first-order valence-electron chi connectivity index (χ1n) is 4.91. The molecule has 19 heavy (non-hydrogen) atoms. The van der Waals surface area contributed by atoms with Gasteiger partial charge in [0.2, 0.25) is 10.0 Å². The summed E-state index contributed by atoms with van der Waals surface area (Å²) in [6.07, 6.45) is 0. The van der Waals surface area contributed by atoms with Gasteiger partial charge >= 0.3 is 5.97 Å². The monoisotopic (exact) mass is 295 g/mol. The first-order chi connectivity index (χ1) is 8.70. The molecule has 0 saturated heterocycles. The molecule has 6 nitrogen and oxygen atoms in total. The molecule has 106 valence electrons. The molecule has 1 N–H and O–H groups in total. The Labute approximate surface area is 108 Å². The maximum Gasteiger partial charge on any atom is 0.318 e. The van der Waals surface area contributed by atoms with Gasteiger partial charge in [0, 0.05) is 19.2 Å². The fourth-order valence-electron chi connectivity index (χ4n) is 1.33. The Morgan fingerprint density at radius 2 is 1.84 bits per heavy atom. The number of hydrogen-bond acceptors (Lipinski definition) is 4. The molecule has 0 fully saturated rings. The van der Waals surface area contributed by atoms with Gasteiger partial charge in [-0.2, -0.15) is 4.31 Å². The van der Waals surface area contributed by atoms with E-state index in [1.807, 2.05) is 0 Å². The van der Waals surface area contributed by atoms with Gasteiger partial charge in [0.1, 0.15) is 23.9 Å². The van der Waals surface area contributed by atoms with E-state index in [4.69, 9.17) is 5.11 Å². The number of carboxylic acid groups (broad SMARTS) is 1. The van der Waals surface area contributed by atoms with Crippen molar-refractivity contribution >= 4 is 16.0 Å². The highest BCUT2D eigenvalue weighted by Gasteiger charge is 2.30. The fourth-order valence-corrected chi connectivity index (χ4v) is 2.53. The molecule has 0 saturated carbocycles. The molecule has 0 aliphatic rings. The predicted octanol–water partition coefficient (Wildman–Crippen LogP) is 0.678. The third-order valence-electron chi connectivity index (χ3n) is 2.23. The molecular weight excluding hydrogens is 284 g/mol. The van der Waals surface area contributed by atoms with Crippen molar-refractivity contribution < 1.29 is 31.8 Å². The second kappa shape index (κ2) is 5.49. The van der Waals surface area contributed by atoms with Crippen molar-refractivity contribution in [1.82, 2.24) is 4.31 Å². The topological polar surface area (TPSA) is 83.9 Å². The molecule has 0 bridgehead atoms. The molecule has 0 amide bonds. The number of hydrogen-bond donors (Lipinski definition) is 1. The zero-order valence-electron chi connectivity index (χ0n) is 10.1. The molecule has 0 atom stereocenters. The normalized spacial score (nSPS) is 11.6. The third kappa shape index (κ3) is 3.18. The van der Waals surface area contributed by atoms with Crippen LogP contribution in [0.1, 0.15) is 0 Å². The molecule has 0 unspecified atom stereocenters. The number of likely N-dealkylation sites (N-methyl/N-ethyl adjacent to an activating group) is 1. The van der Waals surface area contributed by atoms with Crippen LogP contribution in [0.4, 0.5) is 8.78 Å². The van der Waals surface area contributed by atoms with Crippen LogP contribution in [0, 0.1) is 11.6 Å². The third-order valence-corrected chi connectivity index (χ3v) is 4.09. The van der Waals surface area contributed by atoms with Crippen LogP contribution >= 0.6 is 0 Å². The van der Waals surface area contributed by atoms with Crippen LogP contribution in [0.25, 0.3) is 0 Å². The van der Waals surface area contributed by atoms with Crippen LogP contribution < -0.4 is 4.74 Å². The van der Waals surface area contributed by atoms with Crippen LogP contribution in [-0.4, -0.2) is 44.5 Å². The summed E-state index contributed by atoms with van der Waals surface area (Å²) >= 11 is 0. The summed E-state index contributed by atoms with van der Waals surface area (Å²) in [7, 11) is -2.50. The Balaban J connectivity index is 3.33.